The molecular formula is C16H21ClN2S. The number of rotatable bonds is 6. The maximum Gasteiger partial charge on any atom is 0.123 e. The zero-order valence-electron chi connectivity index (χ0n) is 12.2. The van der Waals surface area contributed by atoms with Crippen molar-refractivity contribution in [3.05, 3.63) is 39.9 Å². The monoisotopic (exact) mass is 308 g/mol. The van der Waals surface area contributed by atoms with E-state index in [4.69, 9.17) is 16.6 Å². The number of halogens is 1. The van der Waals surface area contributed by atoms with E-state index < -0.39 is 0 Å². The molecule has 0 spiro atoms. The van der Waals surface area contributed by atoms with Crippen molar-refractivity contribution < 1.29 is 0 Å². The molecule has 0 bridgehead atoms. The number of thiazole rings is 1. The summed E-state index contributed by atoms with van der Waals surface area (Å²) in [5.74, 6) is 0.615. The van der Waals surface area contributed by atoms with Crippen LogP contribution in [0, 0.1) is 5.92 Å². The van der Waals surface area contributed by atoms with Crippen LogP contribution in [0.2, 0.25) is 5.02 Å². The van der Waals surface area contributed by atoms with Gasteiger partial charge in [0.15, 0.2) is 0 Å². The van der Waals surface area contributed by atoms with Gasteiger partial charge in [-0.3, -0.25) is 0 Å². The minimum atomic E-state index is 0.615. The molecule has 108 valence electrons. The highest BCUT2D eigenvalue weighted by Gasteiger charge is 2.13. The topological polar surface area (TPSA) is 24.9 Å². The van der Waals surface area contributed by atoms with Crippen LogP contribution < -0.4 is 5.32 Å². The molecular weight excluding hydrogens is 288 g/mol. The summed E-state index contributed by atoms with van der Waals surface area (Å²) in [6.07, 6.45) is 1.03. The minimum absolute atomic E-state index is 0.615. The Hall–Kier alpha value is -0.900. The lowest BCUT2D eigenvalue weighted by Gasteiger charge is -2.04. The fourth-order valence-electron chi connectivity index (χ4n) is 2.05. The molecule has 2 nitrogen and oxygen atoms in total. The molecule has 1 N–H and O–H groups in total. The first-order valence-electron chi connectivity index (χ1n) is 7.05. The van der Waals surface area contributed by atoms with Gasteiger partial charge in [0.1, 0.15) is 5.01 Å². The molecule has 0 aliphatic heterocycles. The summed E-state index contributed by atoms with van der Waals surface area (Å²) in [6, 6.07) is 7.93. The molecule has 0 saturated carbocycles. The highest BCUT2D eigenvalue weighted by molar-refractivity contribution is 7.15. The number of hydrogen-bond acceptors (Lipinski definition) is 3. The van der Waals surface area contributed by atoms with Crippen LogP contribution >= 0.6 is 22.9 Å². The summed E-state index contributed by atoms with van der Waals surface area (Å²) in [4.78, 5) is 6.18. The number of nitrogens with zero attached hydrogens (tertiary/aromatic N) is 1. The lowest BCUT2D eigenvalue weighted by atomic mass is 10.1. The van der Waals surface area contributed by atoms with E-state index in [2.05, 4.69) is 32.2 Å². The number of benzene rings is 1. The molecule has 0 atom stereocenters. The highest BCUT2D eigenvalue weighted by atomic mass is 35.5. The summed E-state index contributed by atoms with van der Waals surface area (Å²) in [5.41, 5.74) is 2.33. The molecule has 2 rings (SSSR count). The van der Waals surface area contributed by atoms with Gasteiger partial charge in [0.05, 0.1) is 5.69 Å². The molecule has 0 radical (unpaired) electrons. The Labute approximate surface area is 130 Å². The van der Waals surface area contributed by atoms with Crippen molar-refractivity contribution in [1.29, 1.82) is 0 Å². The Balaban J connectivity index is 2.32. The van der Waals surface area contributed by atoms with Crippen molar-refractivity contribution in [3.63, 3.8) is 0 Å². The average Bonchev–Trinajstić information content (AvgIpc) is 2.78. The zero-order valence-corrected chi connectivity index (χ0v) is 13.8. The van der Waals surface area contributed by atoms with Crippen LogP contribution in [-0.4, -0.2) is 11.5 Å². The second-order valence-electron chi connectivity index (χ2n) is 5.28. The second kappa shape index (κ2) is 7.21. The first-order valence-corrected chi connectivity index (χ1v) is 8.24. The Morgan fingerprint density at radius 3 is 2.80 bits per heavy atom. The lowest BCUT2D eigenvalue weighted by Crippen LogP contribution is -2.12. The fourth-order valence-corrected chi connectivity index (χ4v) is 3.30. The molecule has 0 saturated heterocycles. The van der Waals surface area contributed by atoms with Crippen molar-refractivity contribution in [3.8, 4) is 10.6 Å². The molecule has 1 heterocycles. The molecule has 0 unspecified atom stereocenters. The standard InChI is InChI=1S/C16H21ClN2S/c1-4-18-10-15-14(8-11(2)3)19-16(20-15)12-6-5-7-13(17)9-12/h5-7,9,11,18H,4,8,10H2,1-3H3. The Bertz CT molecular complexity index is 563. The van der Waals surface area contributed by atoms with E-state index in [0.717, 1.165) is 35.1 Å². The van der Waals surface area contributed by atoms with Gasteiger partial charge in [-0.05, 0) is 31.0 Å². The number of nitrogens with one attached hydrogen (secondary N) is 1. The zero-order chi connectivity index (χ0) is 14.5. The molecule has 0 amide bonds. The maximum absolute atomic E-state index is 6.07. The van der Waals surface area contributed by atoms with Gasteiger partial charge in [0.25, 0.3) is 0 Å². The van der Waals surface area contributed by atoms with Gasteiger partial charge in [-0.2, -0.15) is 0 Å². The van der Waals surface area contributed by atoms with E-state index in [1.165, 1.54) is 10.6 Å². The van der Waals surface area contributed by atoms with Gasteiger partial charge in [0, 0.05) is 22.0 Å². The molecule has 0 aliphatic carbocycles. The first kappa shape index (κ1) is 15.5. The summed E-state index contributed by atoms with van der Waals surface area (Å²) in [7, 11) is 0. The second-order valence-corrected chi connectivity index (χ2v) is 6.80. The summed E-state index contributed by atoms with van der Waals surface area (Å²) in [6.45, 7) is 8.47. The van der Waals surface area contributed by atoms with Crippen LogP contribution in [0.25, 0.3) is 10.6 Å². The SMILES string of the molecule is CCNCc1sc(-c2cccc(Cl)c2)nc1CC(C)C. The van der Waals surface area contributed by atoms with E-state index in [1.807, 2.05) is 18.2 Å². The van der Waals surface area contributed by atoms with Gasteiger partial charge in [-0.25, -0.2) is 4.98 Å². The van der Waals surface area contributed by atoms with Crippen LogP contribution in [0.5, 0.6) is 0 Å². The third-order valence-electron chi connectivity index (χ3n) is 2.99. The number of hydrogen-bond donors (Lipinski definition) is 1. The van der Waals surface area contributed by atoms with Gasteiger partial charge in [-0.15, -0.1) is 11.3 Å². The molecule has 4 heteroatoms. The Morgan fingerprint density at radius 1 is 1.35 bits per heavy atom. The predicted octanol–water partition coefficient (Wildman–Crippen LogP) is 4.77. The van der Waals surface area contributed by atoms with Crippen LogP contribution in [0.3, 0.4) is 0 Å². The van der Waals surface area contributed by atoms with E-state index in [1.54, 1.807) is 11.3 Å². The largest absolute Gasteiger partial charge is 0.312 e. The Kier molecular flexibility index (Phi) is 5.58. The van der Waals surface area contributed by atoms with Gasteiger partial charge in [-0.1, -0.05) is 44.5 Å². The fraction of sp³-hybridized carbons (Fsp3) is 0.438. The van der Waals surface area contributed by atoms with Crippen molar-refractivity contribution in [2.45, 2.75) is 33.7 Å². The van der Waals surface area contributed by atoms with Crippen molar-refractivity contribution in [2.24, 2.45) is 5.92 Å². The quantitative estimate of drug-likeness (QED) is 0.831. The van der Waals surface area contributed by atoms with Gasteiger partial charge < -0.3 is 5.32 Å². The van der Waals surface area contributed by atoms with Crippen molar-refractivity contribution in [2.75, 3.05) is 6.54 Å². The molecule has 20 heavy (non-hydrogen) atoms. The average molecular weight is 309 g/mol. The summed E-state index contributed by atoms with van der Waals surface area (Å²) < 4.78 is 0. The van der Waals surface area contributed by atoms with Crippen molar-refractivity contribution >= 4 is 22.9 Å². The van der Waals surface area contributed by atoms with E-state index in [-0.39, 0.29) is 0 Å². The van der Waals surface area contributed by atoms with E-state index >= 15 is 0 Å². The summed E-state index contributed by atoms with van der Waals surface area (Å²) in [5, 5.41) is 5.23. The van der Waals surface area contributed by atoms with Crippen LogP contribution in [-0.2, 0) is 13.0 Å². The molecule has 1 aromatic carbocycles. The minimum Gasteiger partial charge on any atom is -0.312 e. The van der Waals surface area contributed by atoms with Crippen LogP contribution in [0.4, 0.5) is 0 Å². The van der Waals surface area contributed by atoms with Crippen LogP contribution in [0.1, 0.15) is 31.3 Å². The van der Waals surface area contributed by atoms with E-state index in [0.29, 0.717) is 5.92 Å². The lowest BCUT2D eigenvalue weighted by molar-refractivity contribution is 0.628. The number of aromatic nitrogens is 1. The molecule has 2 aromatic rings. The highest BCUT2D eigenvalue weighted by Crippen LogP contribution is 2.30. The molecule has 0 aliphatic rings. The third-order valence-corrected chi connectivity index (χ3v) is 4.37. The third kappa shape index (κ3) is 4.05. The molecule has 1 aromatic heterocycles. The smallest absolute Gasteiger partial charge is 0.123 e. The molecule has 0 fully saturated rings. The normalized spacial score (nSPS) is 11.2. The van der Waals surface area contributed by atoms with Crippen molar-refractivity contribution in [1.82, 2.24) is 10.3 Å². The first-order chi connectivity index (χ1) is 9.60. The van der Waals surface area contributed by atoms with Crippen LogP contribution in [0.15, 0.2) is 24.3 Å². The maximum atomic E-state index is 6.07. The van der Waals surface area contributed by atoms with E-state index in [9.17, 15) is 0 Å². The Morgan fingerprint density at radius 2 is 2.15 bits per heavy atom. The van der Waals surface area contributed by atoms with Gasteiger partial charge >= 0.3 is 0 Å². The summed E-state index contributed by atoms with van der Waals surface area (Å²) >= 11 is 7.84. The van der Waals surface area contributed by atoms with Gasteiger partial charge in [0.2, 0.25) is 0 Å². The predicted molar refractivity (Wildman–Crippen MR) is 88.5 cm³/mol.